The Balaban J connectivity index is 2.08. The van der Waals surface area contributed by atoms with Crippen molar-refractivity contribution in [3.8, 4) is 11.5 Å². The van der Waals surface area contributed by atoms with Crippen LogP contribution in [0.2, 0.25) is 0 Å². The van der Waals surface area contributed by atoms with E-state index in [-0.39, 0.29) is 0 Å². The van der Waals surface area contributed by atoms with Crippen molar-refractivity contribution in [2.45, 2.75) is 13.5 Å². The quantitative estimate of drug-likeness (QED) is 0.867. The van der Waals surface area contributed by atoms with Crippen LogP contribution in [0.15, 0.2) is 30.6 Å². The first kappa shape index (κ1) is 13.3. The van der Waals surface area contributed by atoms with Crippen molar-refractivity contribution in [2.24, 2.45) is 7.05 Å². The van der Waals surface area contributed by atoms with E-state index in [0.717, 1.165) is 23.0 Å². The van der Waals surface area contributed by atoms with Gasteiger partial charge in [-0.3, -0.25) is 0 Å². The van der Waals surface area contributed by atoms with E-state index in [4.69, 9.17) is 9.47 Å². The molecule has 0 atom stereocenters. The van der Waals surface area contributed by atoms with Crippen molar-refractivity contribution in [1.29, 1.82) is 0 Å². The summed E-state index contributed by atoms with van der Waals surface area (Å²) in [5.41, 5.74) is 0.979. The van der Waals surface area contributed by atoms with Crippen LogP contribution >= 0.6 is 0 Å². The third kappa shape index (κ3) is 3.19. The van der Waals surface area contributed by atoms with Crippen LogP contribution in [-0.4, -0.2) is 23.3 Å². The van der Waals surface area contributed by atoms with Crippen LogP contribution in [0.25, 0.3) is 0 Å². The van der Waals surface area contributed by atoms with Gasteiger partial charge in [0.15, 0.2) is 11.5 Å². The van der Waals surface area contributed by atoms with Gasteiger partial charge in [-0.05, 0) is 19.1 Å². The van der Waals surface area contributed by atoms with E-state index in [2.05, 4.69) is 10.3 Å². The van der Waals surface area contributed by atoms with Gasteiger partial charge in [0.25, 0.3) is 0 Å². The van der Waals surface area contributed by atoms with E-state index in [1.165, 1.54) is 0 Å². The normalized spacial score (nSPS) is 10.3. The minimum absolute atomic E-state index is 0.610. The Morgan fingerprint density at radius 2 is 2.16 bits per heavy atom. The summed E-state index contributed by atoms with van der Waals surface area (Å²) in [6.45, 7) is 3.23. The average Bonchev–Trinajstić information content (AvgIpc) is 2.82. The first-order valence-electron chi connectivity index (χ1n) is 6.25. The zero-order chi connectivity index (χ0) is 13.7. The molecule has 102 valence electrons. The second kappa shape index (κ2) is 6.13. The van der Waals surface area contributed by atoms with Crippen LogP contribution in [-0.2, 0) is 13.6 Å². The molecular formula is C14H19N3O2. The minimum Gasteiger partial charge on any atom is -0.493 e. The van der Waals surface area contributed by atoms with Gasteiger partial charge < -0.3 is 19.4 Å². The summed E-state index contributed by atoms with van der Waals surface area (Å²) in [5.74, 6) is 2.47. The van der Waals surface area contributed by atoms with E-state index in [1.807, 2.05) is 42.9 Å². The van der Waals surface area contributed by atoms with Crippen molar-refractivity contribution in [2.75, 3.05) is 19.0 Å². The van der Waals surface area contributed by atoms with Gasteiger partial charge in [-0.25, -0.2) is 4.98 Å². The largest absolute Gasteiger partial charge is 0.493 e. The molecule has 0 saturated heterocycles. The number of nitrogens with one attached hydrogen (secondary N) is 1. The summed E-state index contributed by atoms with van der Waals surface area (Å²) in [4.78, 5) is 4.27. The van der Waals surface area contributed by atoms with Crippen molar-refractivity contribution in [1.82, 2.24) is 9.55 Å². The molecule has 0 aliphatic heterocycles. The fraction of sp³-hybridized carbons (Fsp3) is 0.357. The smallest absolute Gasteiger partial charge is 0.163 e. The Morgan fingerprint density at radius 1 is 1.32 bits per heavy atom. The lowest BCUT2D eigenvalue weighted by molar-refractivity contribution is 0.311. The standard InChI is InChI=1S/C14H19N3O2/c1-4-19-13-9-11(5-6-12(13)18-3)16-10-14-15-7-8-17(14)2/h5-9,16H,4,10H2,1-3H3. The minimum atomic E-state index is 0.610. The van der Waals surface area contributed by atoms with Crippen molar-refractivity contribution < 1.29 is 9.47 Å². The Bertz CT molecular complexity index is 537. The van der Waals surface area contributed by atoms with Gasteiger partial charge >= 0.3 is 0 Å². The molecule has 2 rings (SSSR count). The third-order valence-corrected chi connectivity index (χ3v) is 2.84. The summed E-state index contributed by atoms with van der Waals surface area (Å²) in [6.07, 6.45) is 3.72. The van der Waals surface area contributed by atoms with Crippen LogP contribution in [0.4, 0.5) is 5.69 Å². The first-order chi connectivity index (χ1) is 9.24. The molecule has 2 aromatic rings. The Morgan fingerprint density at radius 3 is 2.79 bits per heavy atom. The molecule has 5 nitrogen and oxygen atoms in total. The topological polar surface area (TPSA) is 48.3 Å². The van der Waals surface area contributed by atoms with Crippen LogP contribution < -0.4 is 14.8 Å². The fourth-order valence-corrected chi connectivity index (χ4v) is 1.80. The van der Waals surface area contributed by atoms with Gasteiger partial charge in [-0.15, -0.1) is 0 Å². The Hall–Kier alpha value is -2.17. The molecular weight excluding hydrogens is 242 g/mol. The second-order valence-electron chi connectivity index (χ2n) is 4.11. The number of nitrogens with zero attached hydrogens (tertiary/aromatic N) is 2. The molecule has 1 N–H and O–H groups in total. The molecule has 0 bridgehead atoms. The van der Waals surface area contributed by atoms with Crippen LogP contribution in [0.3, 0.4) is 0 Å². The van der Waals surface area contributed by atoms with Gasteiger partial charge in [0.05, 0.1) is 20.3 Å². The molecule has 0 aliphatic rings. The molecule has 0 saturated carbocycles. The molecule has 0 radical (unpaired) electrons. The number of hydrogen-bond acceptors (Lipinski definition) is 4. The number of hydrogen-bond donors (Lipinski definition) is 1. The van der Waals surface area contributed by atoms with E-state index in [1.54, 1.807) is 13.3 Å². The molecule has 0 unspecified atom stereocenters. The number of benzene rings is 1. The lowest BCUT2D eigenvalue weighted by Gasteiger charge is -2.12. The average molecular weight is 261 g/mol. The molecule has 5 heteroatoms. The van der Waals surface area contributed by atoms with Crippen LogP contribution in [0.5, 0.6) is 11.5 Å². The number of rotatable bonds is 6. The van der Waals surface area contributed by atoms with Gasteiger partial charge in [0.2, 0.25) is 0 Å². The highest BCUT2D eigenvalue weighted by Crippen LogP contribution is 2.30. The number of imidazole rings is 1. The van der Waals surface area contributed by atoms with E-state index in [9.17, 15) is 0 Å². The lowest BCUT2D eigenvalue weighted by atomic mass is 10.2. The molecule has 1 aromatic heterocycles. The van der Waals surface area contributed by atoms with E-state index < -0.39 is 0 Å². The highest BCUT2D eigenvalue weighted by molar-refractivity contribution is 5.54. The predicted octanol–water partition coefficient (Wildman–Crippen LogP) is 2.44. The fourth-order valence-electron chi connectivity index (χ4n) is 1.80. The molecule has 19 heavy (non-hydrogen) atoms. The molecule has 0 fully saturated rings. The van der Waals surface area contributed by atoms with Gasteiger partial charge in [-0.2, -0.15) is 0 Å². The highest BCUT2D eigenvalue weighted by Gasteiger charge is 2.06. The molecule has 1 aromatic carbocycles. The maximum atomic E-state index is 5.54. The van der Waals surface area contributed by atoms with Gasteiger partial charge in [0, 0.05) is 31.2 Å². The Labute approximate surface area is 113 Å². The number of aryl methyl sites for hydroxylation is 1. The zero-order valence-electron chi connectivity index (χ0n) is 11.5. The van der Waals surface area contributed by atoms with E-state index in [0.29, 0.717) is 13.2 Å². The molecule has 0 amide bonds. The summed E-state index contributed by atoms with van der Waals surface area (Å²) in [6, 6.07) is 5.79. The van der Waals surface area contributed by atoms with Gasteiger partial charge in [0.1, 0.15) is 5.82 Å². The van der Waals surface area contributed by atoms with Crippen LogP contribution in [0.1, 0.15) is 12.7 Å². The summed E-state index contributed by atoms with van der Waals surface area (Å²) < 4.78 is 12.8. The SMILES string of the molecule is CCOc1cc(NCc2nccn2C)ccc1OC. The molecule has 0 aliphatic carbocycles. The summed E-state index contributed by atoms with van der Waals surface area (Å²) >= 11 is 0. The monoisotopic (exact) mass is 261 g/mol. The maximum absolute atomic E-state index is 5.54. The highest BCUT2D eigenvalue weighted by atomic mass is 16.5. The maximum Gasteiger partial charge on any atom is 0.163 e. The van der Waals surface area contributed by atoms with Crippen molar-refractivity contribution >= 4 is 5.69 Å². The molecule has 1 heterocycles. The van der Waals surface area contributed by atoms with Crippen LogP contribution in [0, 0.1) is 0 Å². The molecule has 0 spiro atoms. The predicted molar refractivity (Wildman–Crippen MR) is 74.7 cm³/mol. The van der Waals surface area contributed by atoms with Gasteiger partial charge in [-0.1, -0.05) is 0 Å². The lowest BCUT2D eigenvalue weighted by Crippen LogP contribution is -2.06. The third-order valence-electron chi connectivity index (χ3n) is 2.84. The zero-order valence-corrected chi connectivity index (χ0v) is 11.5. The summed E-state index contributed by atoms with van der Waals surface area (Å²) in [5, 5.41) is 3.32. The number of anilines is 1. The van der Waals surface area contributed by atoms with Crippen molar-refractivity contribution in [3.63, 3.8) is 0 Å². The van der Waals surface area contributed by atoms with E-state index >= 15 is 0 Å². The number of methoxy groups -OCH3 is 1. The summed E-state index contributed by atoms with van der Waals surface area (Å²) in [7, 11) is 3.61. The Kier molecular flexibility index (Phi) is 4.28. The first-order valence-corrected chi connectivity index (χ1v) is 6.25. The number of ether oxygens (including phenoxy) is 2. The van der Waals surface area contributed by atoms with Crippen molar-refractivity contribution in [3.05, 3.63) is 36.4 Å². The number of aromatic nitrogens is 2. The second-order valence-corrected chi connectivity index (χ2v) is 4.11.